The van der Waals surface area contributed by atoms with E-state index in [-0.39, 0.29) is 12.5 Å². The van der Waals surface area contributed by atoms with Crippen LogP contribution >= 0.6 is 0 Å². The molecule has 0 aliphatic heterocycles. The van der Waals surface area contributed by atoms with Crippen LogP contribution in [-0.4, -0.2) is 25.3 Å². The number of carbonyl (C=O) groups is 1. The van der Waals surface area contributed by atoms with Crippen LogP contribution in [0.15, 0.2) is 53.6 Å². The van der Waals surface area contributed by atoms with Gasteiger partial charge in [0.05, 0.1) is 31.0 Å². The van der Waals surface area contributed by atoms with Crippen molar-refractivity contribution in [1.29, 1.82) is 5.26 Å². The molecule has 0 unspecified atom stereocenters. The minimum absolute atomic E-state index is 0.110. The first-order chi connectivity index (χ1) is 11.7. The maximum atomic E-state index is 11.7. The lowest BCUT2D eigenvalue weighted by atomic mass is 10.2. The number of amides is 1. The molecule has 2 aromatic rings. The summed E-state index contributed by atoms with van der Waals surface area (Å²) in [5.74, 6) is 0.535. The second-order valence-corrected chi connectivity index (χ2v) is 4.84. The molecule has 0 aromatic heterocycles. The normalized spacial score (nSPS) is 10.2. The van der Waals surface area contributed by atoms with Gasteiger partial charge in [0.15, 0.2) is 0 Å². The summed E-state index contributed by atoms with van der Waals surface area (Å²) in [6, 6.07) is 16.3. The maximum Gasteiger partial charge on any atom is 0.259 e. The maximum absolute atomic E-state index is 11.7. The van der Waals surface area contributed by atoms with Gasteiger partial charge < -0.3 is 10.1 Å². The fraction of sp³-hybridized carbons (Fsp3) is 0.167. The lowest BCUT2D eigenvalue weighted by Crippen LogP contribution is -2.25. The molecule has 0 aliphatic carbocycles. The zero-order chi connectivity index (χ0) is 17.2. The van der Waals surface area contributed by atoms with Gasteiger partial charge in [-0.25, -0.2) is 5.43 Å². The van der Waals surface area contributed by atoms with Gasteiger partial charge in [0.25, 0.3) is 5.91 Å². The summed E-state index contributed by atoms with van der Waals surface area (Å²) >= 11 is 0. The van der Waals surface area contributed by atoms with Crippen molar-refractivity contribution in [3.8, 4) is 11.8 Å². The van der Waals surface area contributed by atoms with E-state index in [4.69, 9.17) is 10.00 Å². The Morgan fingerprint density at radius 1 is 1.21 bits per heavy atom. The van der Waals surface area contributed by atoms with Crippen LogP contribution in [0.1, 0.15) is 18.1 Å². The number of hydrazone groups is 1. The number of nitrogens with zero attached hydrogens (tertiary/aromatic N) is 2. The minimum atomic E-state index is -0.256. The molecule has 1 amide bonds. The fourth-order valence-corrected chi connectivity index (χ4v) is 1.88. The molecule has 0 bridgehead atoms. The fourth-order valence-electron chi connectivity index (χ4n) is 1.88. The molecule has 122 valence electrons. The SMILES string of the molecule is CCOc1ccc(NCC(=O)N/N=C/c2ccc(C#N)cc2)cc1. The molecular formula is C18H18N4O2. The number of benzene rings is 2. The van der Waals surface area contributed by atoms with Crippen LogP contribution < -0.4 is 15.5 Å². The minimum Gasteiger partial charge on any atom is -0.494 e. The Morgan fingerprint density at radius 2 is 1.92 bits per heavy atom. The van der Waals surface area contributed by atoms with Crippen LogP contribution in [0.2, 0.25) is 0 Å². The van der Waals surface area contributed by atoms with Crippen molar-refractivity contribution in [1.82, 2.24) is 5.43 Å². The highest BCUT2D eigenvalue weighted by molar-refractivity contribution is 5.84. The van der Waals surface area contributed by atoms with Crippen LogP contribution in [0.5, 0.6) is 5.75 Å². The zero-order valence-corrected chi connectivity index (χ0v) is 13.3. The summed E-state index contributed by atoms with van der Waals surface area (Å²) in [6.07, 6.45) is 1.52. The zero-order valence-electron chi connectivity index (χ0n) is 13.3. The van der Waals surface area contributed by atoms with Gasteiger partial charge in [0.2, 0.25) is 0 Å². The van der Waals surface area contributed by atoms with Gasteiger partial charge >= 0.3 is 0 Å². The number of hydrogen-bond acceptors (Lipinski definition) is 5. The lowest BCUT2D eigenvalue weighted by molar-refractivity contribution is -0.119. The van der Waals surface area contributed by atoms with E-state index in [0.29, 0.717) is 12.2 Å². The summed E-state index contributed by atoms with van der Waals surface area (Å²) < 4.78 is 5.35. The van der Waals surface area contributed by atoms with E-state index >= 15 is 0 Å². The molecule has 6 heteroatoms. The Hall–Kier alpha value is -3.33. The molecule has 0 saturated carbocycles. The van der Waals surface area contributed by atoms with Crippen LogP contribution in [0.3, 0.4) is 0 Å². The van der Waals surface area contributed by atoms with Crippen molar-refractivity contribution in [3.05, 3.63) is 59.7 Å². The Labute approximate surface area is 140 Å². The van der Waals surface area contributed by atoms with E-state index in [1.54, 1.807) is 24.3 Å². The number of hydrogen-bond donors (Lipinski definition) is 2. The quantitative estimate of drug-likeness (QED) is 0.606. The molecule has 0 saturated heterocycles. The summed E-state index contributed by atoms with van der Waals surface area (Å²) in [6.45, 7) is 2.65. The molecule has 0 spiro atoms. The first-order valence-electron chi connectivity index (χ1n) is 7.50. The molecule has 0 fully saturated rings. The third-order valence-corrected chi connectivity index (χ3v) is 3.06. The van der Waals surface area contributed by atoms with Crippen molar-refractivity contribution < 1.29 is 9.53 Å². The smallest absolute Gasteiger partial charge is 0.259 e. The van der Waals surface area contributed by atoms with E-state index in [9.17, 15) is 4.79 Å². The van der Waals surface area contributed by atoms with Crippen LogP contribution in [-0.2, 0) is 4.79 Å². The van der Waals surface area contributed by atoms with Gasteiger partial charge in [-0.15, -0.1) is 0 Å². The molecule has 0 atom stereocenters. The van der Waals surface area contributed by atoms with Gasteiger partial charge in [-0.2, -0.15) is 10.4 Å². The summed E-state index contributed by atoms with van der Waals surface area (Å²) in [5, 5.41) is 15.6. The van der Waals surface area contributed by atoms with Gasteiger partial charge in [-0.1, -0.05) is 12.1 Å². The lowest BCUT2D eigenvalue weighted by Gasteiger charge is -2.07. The molecule has 2 rings (SSSR count). The van der Waals surface area contributed by atoms with Gasteiger partial charge in [0, 0.05) is 5.69 Å². The number of anilines is 1. The predicted molar refractivity (Wildman–Crippen MR) is 93.0 cm³/mol. The summed E-state index contributed by atoms with van der Waals surface area (Å²) in [7, 11) is 0. The number of nitriles is 1. The molecule has 2 aromatic carbocycles. The van der Waals surface area contributed by atoms with Gasteiger partial charge in [-0.3, -0.25) is 4.79 Å². The van der Waals surface area contributed by atoms with E-state index in [1.807, 2.05) is 37.3 Å². The van der Waals surface area contributed by atoms with Crippen molar-refractivity contribution >= 4 is 17.8 Å². The highest BCUT2D eigenvalue weighted by Gasteiger charge is 2.00. The molecule has 0 radical (unpaired) electrons. The number of ether oxygens (including phenoxy) is 1. The highest BCUT2D eigenvalue weighted by Crippen LogP contribution is 2.15. The van der Waals surface area contributed by atoms with Crippen molar-refractivity contribution in [3.63, 3.8) is 0 Å². The van der Waals surface area contributed by atoms with Crippen LogP contribution in [0.4, 0.5) is 5.69 Å². The number of nitrogens with one attached hydrogen (secondary N) is 2. The second kappa shape index (κ2) is 8.96. The molecule has 6 nitrogen and oxygen atoms in total. The number of carbonyl (C=O) groups excluding carboxylic acids is 1. The average molecular weight is 322 g/mol. The van der Waals surface area contributed by atoms with E-state index in [1.165, 1.54) is 6.21 Å². The van der Waals surface area contributed by atoms with Gasteiger partial charge in [0.1, 0.15) is 5.75 Å². The average Bonchev–Trinajstić information content (AvgIpc) is 2.62. The molecule has 0 heterocycles. The topological polar surface area (TPSA) is 86.5 Å². The first-order valence-corrected chi connectivity index (χ1v) is 7.50. The third kappa shape index (κ3) is 5.46. The molecule has 0 aliphatic rings. The summed E-state index contributed by atoms with van der Waals surface area (Å²) in [5.41, 5.74) is 4.64. The van der Waals surface area contributed by atoms with Crippen molar-refractivity contribution in [2.24, 2.45) is 5.10 Å². The summed E-state index contributed by atoms with van der Waals surface area (Å²) in [4.78, 5) is 11.7. The molecular weight excluding hydrogens is 304 g/mol. The third-order valence-electron chi connectivity index (χ3n) is 3.06. The molecule has 2 N–H and O–H groups in total. The Morgan fingerprint density at radius 3 is 2.54 bits per heavy atom. The van der Waals surface area contributed by atoms with E-state index < -0.39 is 0 Å². The number of rotatable bonds is 7. The highest BCUT2D eigenvalue weighted by atomic mass is 16.5. The first kappa shape index (κ1) is 17.0. The van der Waals surface area contributed by atoms with Crippen LogP contribution in [0, 0.1) is 11.3 Å². The van der Waals surface area contributed by atoms with Crippen molar-refractivity contribution in [2.75, 3.05) is 18.5 Å². The predicted octanol–water partition coefficient (Wildman–Crippen LogP) is 2.52. The Bertz CT molecular complexity index is 731. The van der Waals surface area contributed by atoms with Gasteiger partial charge in [-0.05, 0) is 48.9 Å². The Kier molecular flexibility index (Phi) is 6.35. The molecule has 24 heavy (non-hydrogen) atoms. The Balaban J connectivity index is 1.76. The van der Waals surface area contributed by atoms with Crippen LogP contribution in [0.25, 0.3) is 0 Å². The second-order valence-electron chi connectivity index (χ2n) is 4.84. The van der Waals surface area contributed by atoms with E-state index in [0.717, 1.165) is 17.0 Å². The largest absolute Gasteiger partial charge is 0.494 e. The standard InChI is InChI=1S/C18H18N4O2/c1-2-24-17-9-7-16(8-10-17)20-13-18(23)22-21-12-15-5-3-14(11-19)4-6-15/h3-10,12,20H,2,13H2,1H3,(H,22,23)/b21-12+. The monoisotopic (exact) mass is 322 g/mol. The van der Waals surface area contributed by atoms with E-state index in [2.05, 4.69) is 15.8 Å². The van der Waals surface area contributed by atoms with Crippen molar-refractivity contribution in [2.45, 2.75) is 6.92 Å².